The minimum Gasteiger partial charge on any atom is -0.457 e. The summed E-state index contributed by atoms with van der Waals surface area (Å²) in [5.74, 6) is 0.713. The molecule has 0 saturated heterocycles. The topological polar surface area (TPSA) is 96.9 Å². The highest BCUT2D eigenvalue weighted by Gasteiger charge is 2.24. The highest BCUT2D eigenvalue weighted by molar-refractivity contribution is 5.84. The number of amides is 2. The number of nitrogens with one attached hydrogen (secondary N) is 2. The zero-order chi connectivity index (χ0) is 18.5. The smallest absolute Gasteiger partial charge is 0.411 e. The zero-order valence-electron chi connectivity index (χ0n) is 14.3. The van der Waals surface area contributed by atoms with Gasteiger partial charge in [-0.25, -0.2) is 10.3 Å². The van der Waals surface area contributed by atoms with E-state index in [2.05, 4.69) is 10.1 Å². The SMILES string of the molecule is COC(=O)Nc1ccc(Oc2ccc3c(c2)CC(C(=O)NO)CC3)cc1. The first-order valence-corrected chi connectivity index (χ1v) is 8.27. The highest BCUT2D eigenvalue weighted by Crippen LogP contribution is 2.31. The number of carbonyl (C=O) groups is 2. The number of anilines is 1. The van der Waals surface area contributed by atoms with Gasteiger partial charge in [0.05, 0.1) is 7.11 Å². The molecule has 0 radical (unpaired) electrons. The lowest BCUT2D eigenvalue weighted by Gasteiger charge is -2.23. The van der Waals surface area contributed by atoms with E-state index in [0.717, 1.165) is 12.0 Å². The molecule has 26 heavy (non-hydrogen) atoms. The van der Waals surface area contributed by atoms with Gasteiger partial charge in [0.25, 0.3) is 0 Å². The minimum atomic E-state index is -0.533. The maximum Gasteiger partial charge on any atom is 0.411 e. The minimum absolute atomic E-state index is 0.230. The molecule has 3 N–H and O–H groups in total. The van der Waals surface area contributed by atoms with Gasteiger partial charge in [-0.15, -0.1) is 0 Å². The van der Waals surface area contributed by atoms with E-state index in [1.165, 1.54) is 12.7 Å². The Morgan fingerprint density at radius 2 is 1.81 bits per heavy atom. The number of rotatable bonds is 4. The average molecular weight is 356 g/mol. The van der Waals surface area contributed by atoms with Gasteiger partial charge in [0.1, 0.15) is 11.5 Å². The first-order valence-electron chi connectivity index (χ1n) is 8.27. The molecule has 0 heterocycles. The summed E-state index contributed by atoms with van der Waals surface area (Å²) in [6.45, 7) is 0. The van der Waals surface area contributed by atoms with Gasteiger partial charge in [0.2, 0.25) is 5.91 Å². The molecule has 1 atom stereocenters. The molecule has 1 aliphatic carbocycles. The Morgan fingerprint density at radius 3 is 2.50 bits per heavy atom. The number of ether oxygens (including phenoxy) is 2. The normalized spacial score (nSPS) is 15.5. The highest BCUT2D eigenvalue weighted by atomic mass is 16.5. The number of hydroxylamine groups is 1. The summed E-state index contributed by atoms with van der Waals surface area (Å²) in [5.41, 5.74) is 4.58. The number of methoxy groups -OCH3 is 1. The summed E-state index contributed by atoms with van der Waals surface area (Å²) >= 11 is 0. The van der Waals surface area contributed by atoms with Crippen molar-refractivity contribution in [3.05, 3.63) is 53.6 Å². The summed E-state index contributed by atoms with van der Waals surface area (Å²) < 4.78 is 10.4. The molecule has 0 fully saturated rings. The van der Waals surface area contributed by atoms with Crippen molar-refractivity contribution in [3.8, 4) is 11.5 Å². The van der Waals surface area contributed by atoms with E-state index in [-0.39, 0.29) is 11.8 Å². The molecule has 136 valence electrons. The first-order chi connectivity index (χ1) is 12.6. The summed E-state index contributed by atoms with van der Waals surface area (Å²) in [4.78, 5) is 22.8. The molecular formula is C19H20N2O5. The van der Waals surface area contributed by atoms with Crippen LogP contribution in [-0.2, 0) is 22.4 Å². The number of aryl methyl sites for hydroxylation is 1. The lowest BCUT2D eigenvalue weighted by molar-refractivity contribution is -0.133. The van der Waals surface area contributed by atoms with Crippen LogP contribution in [-0.4, -0.2) is 24.3 Å². The second kappa shape index (κ2) is 7.88. The van der Waals surface area contributed by atoms with Gasteiger partial charge < -0.3 is 9.47 Å². The Kier molecular flexibility index (Phi) is 5.38. The van der Waals surface area contributed by atoms with E-state index >= 15 is 0 Å². The molecule has 0 aliphatic heterocycles. The molecule has 0 aromatic heterocycles. The molecular weight excluding hydrogens is 336 g/mol. The Balaban J connectivity index is 1.69. The third-order valence-electron chi connectivity index (χ3n) is 4.41. The molecule has 1 unspecified atom stereocenters. The number of benzene rings is 2. The molecule has 2 aromatic rings. The molecule has 0 spiro atoms. The van der Waals surface area contributed by atoms with Crippen LogP contribution in [0.4, 0.5) is 10.5 Å². The van der Waals surface area contributed by atoms with Crippen molar-refractivity contribution in [2.45, 2.75) is 19.3 Å². The van der Waals surface area contributed by atoms with Crippen molar-refractivity contribution in [1.82, 2.24) is 5.48 Å². The van der Waals surface area contributed by atoms with Gasteiger partial charge in [-0.05, 0) is 66.8 Å². The van der Waals surface area contributed by atoms with Crippen LogP contribution in [0, 0.1) is 5.92 Å². The van der Waals surface area contributed by atoms with Crippen molar-refractivity contribution in [1.29, 1.82) is 0 Å². The fourth-order valence-electron chi connectivity index (χ4n) is 3.02. The Hall–Kier alpha value is -3.06. The standard InChI is InChI=1S/C19H20N2O5/c1-25-19(23)20-15-5-8-16(9-6-15)26-17-7-4-12-2-3-13(18(22)21-24)10-14(12)11-17/h4-9,11,13,24H,2-3,10H2,1H3,(H,20,23)(H,21,22). The van der Waals surface area contributed by atoms with Gasteiger partial charge in [-0.2, -0.15) is 0 Å². The van der Waals surface area contributed by atoms with Crippen LogP contribution in [0.25, 0.3) is 0 Å². The number of hydrogen-bond donors (Lipinski definition) is 3. The Bertz CT molecular complexity index is 804. The van der Waals surface area contributed by atoms with Crippen molar-refractivity contribution in [2.75, 3.05) is 12.4 Å². The average Bonchev–Trinajstić information content (AvgIpc) is 2.68. The van der Waals surface area contributed by atoms with Crippen LogP contribution in [0.2, 0.25) is 0 Å². The van der Waals surface area contributed by atoms with Gasteiger partial charge in [0.15, 0.2) is 0 Å². The van der Waals surface area contributed by atoms with E-state index in [0.29, 0.717) is 30.0 Å². The second-order valence-electron chi connectivity index (χ2n) is 6.09. The van der Waals surface area contributed by atoms with Crippen LogP contribution in [0.1, 0.15) is 17.5 Å². The molecule has 3 rings (SSSR count). The monoisotopic (exact) mass is 356 g/mol. The summed E-state index contributed by atoms with van der Waals surface area (Å²) in [7, 11) is 1.30. The lowest BCUT2D eigenvalue weighted by Crippen LogP contribution is -2.31. The van der Waals surface area contributed by atoms with Gasteiger partial charge >= 0.3 is 6.09 Å². The maximum atomic E-state index is 11.7. The molecule has 2 aromatic carbocycles. The number of hydrogen-bond acceptors (Lipinski definition) is 5. The van der Waals surface area contributed by atoms with Crippen LogP contribution in [0.3, 0.4) is 0 Å². The number of carbonyl (C=O) groups excluding carboxylic acids is 2. The fourth-order valence-corrected chi connectivity index (χ4v) is 3.02. The van der Waals surface area contributed by atoms with Crippen LogP contribution in [0.15, 0.2) is 42.5 Å². The molecule has 0 bridgehead atoms. The second-order valence-corrected chi connectivity index (χ2v) is 6.09. The third kappa shape index (κ3) is 4.12. The van der Waals surface area contributed by atoms with Crippen molar-refractivity contribution in [2.24, 2.45) is 5.92 Å². The van der Waals surface area contributed by atoms with Gasteiger partial charge in [-0.3, -0.25) is 15.3 Å². The molecule has 7 heteroatoms. The molecule has 1 aliphatic rings. The maximum absolute atomic E-state index is 11.7. The largest absolute Gasteiger partial charge is 0.457 e. The van der Waals surface area contributed by atoms with E-state index in [4.69, 9.17) is 9.94 Å². The Morgan fingerprint density at radius 1 is 1.08 bits per heavy atom. The first kappa shape index (κ1) is 17.8. The predicted molar refractivity (Wildman–Crippen MR) is 94.4 cm³/mol. The van der Waals surface area contributed by atoms with Gasteiger partial charge in [-0.1, -0.05) is 6.07 Å². The van der Waals surface area contributed by atoms with Crippen LogP contribution < -0.4 is 15.5 Å². The number of fused-ring (bicyclic) bond motifs is 1. The molecule has 0 saturated carbocycles. The Labute approximate surface area is 150 Å². The van der Waals surface area contributed by atoms with E-state index in [9.17, 15) is 9.59 Å². The zero-order valence-corrected chi connectivity index (χ0v) is 14.3. The van der Waals surface area contributed by atoms with E-state index in [1.54, 1.807) is 29.7 Å². The van der Waals surface area contributed by atoms with Crippen molar-refractivity contribution < 1.29 is 24.3 Å². The molecule has 7 nitrogen and oxygen atoms in total. The predicted octanol–water partition coefficient (Wildman–Crippen LogP) is 3.27. The summed E-state index contributed by atoms with van der Waals surface area (Å²) in [5, 5.41) is 11.4. The van der Waals surface area contributed by atoms with Crippen LogP contribution in [0.5, 0.6) is 11.5 Å². The molecule has 2 amide bonds. The van der Waals surface area contributed by atoms with Crippen LogP contribution >= 0.6 is 0 Å². The lowest BCUT2D eigenvalue weighted by atomic mass is 9.83. The quantitative estimate of drug-likeness (QED) is 0.577. The summed E-state index contributed by atoms with van der Waals surface area (Å²) in [6, 6.07) is 12.7. The third-order valence-corrected chi connectivity index (χ3v) is 4.41. The van der Waals surface area contributed by atoms with Crippen molar-refractivity contribution >= 4 is 17.7 Å². The van der Waals surface area contributed by atoms with E-state index in [1.807, 2.05) is 18.2 Å². The van der Waals surface area contributed by atoms with Crippen molar-refractivity contribution in [3.63, 3.8) is 0 Å². The van der Waals surface area contributed by atoms with E-state index < -0.39 is 6.09 Å². The fraction of sp³-hybridized carbons (Fsp3) is 0.263. The summed E-state index contributed by atoms with van der Waals surface area (Å²) in [6.07, 6.45) is 1.55. The van der Waals surface area contributed by atoms with Gasteiger partial charge in [0, 0.05) is 11.6 Å².